The number of carbonyl (C=O) groups is 1. The fourth-order valence-electron chi connectivity index (χ4n) is 3.45. The number of hydrogen-bond donors (Lipinski definition) is 1. The molecule has 0 spiro atoms. The molecule has 1 N–H and O–H groups in total. The molecular formula is C22H18F3N3O2S. The molecule has 4 rings (SSSR count). The van der Waals surface area contributed by atoms with Gasteiger partial charge in [0.05, 0.1) is 18.6 Å². The maximum absolute atomic E-state index is 13.7. The van der Waals surface area contributed by atoms with E-state index in [9.17, 15) is 18.0 Å². The summed E-state index contributed by atoms with van der Waals surface area (Å²) in [4.78, 5) is 20.4. The molecule has 1 heterocycles. The largest absolute Gasteiger partial charge is 0.497 e. The number of methoxy groups -OCH3 is 1. The number of amides is 1. The molecule has 0 atom stereocenters. The van der Waals surface area contributed by atoms with Gasteiger partial charge in [-0.05, 0) is 42.7 Å². The van der Waals surface area contributed by atoms with Crippen LogP contribution in [0.3, 0.4) is 0 Å². The predicted molar refractivity (Wildman–Crippen MR) is 112 cm³/mol. The number of anilines is 1. The van der Waals surface area contributed by atoms with E-state index < -0.39 is 11.9 Å². The number of aryl methyl sites for hydroxylation is 1. The summed E-state index contributed by atoms with van der Waals surface area (Å²) in [5.41, 5.74) is 1.67. The summed E-state index contributed by atoms with van der Waals surface area (Å²) in [6, 6.07) is 14.0. The van der Waals surface area contributed by atoms with Crippen LogP contribution in [0.4, 0.5) is 18.9 Å². The Hall–Kier alpha value is -3.07. The lowest BCUT2D eigenvalue weighted by molar-refractivity contribution is -0.142. The van der Waals surface area contributed by atoms with Crippen LogP contribution in [0.15, 0.2) is 53.7 Å². The van der Waals surface area contributed by atoms with E-state index in [0.717, 1.165) is 17.3 Å². The summed E-state index contributed by atoms with van der Waals surface area (Å²) >= 11 is 0.874. The first-order valence-corrected chi connectivity index (χ1v) is 10.5. The van der Waals surface area contributed by atoms with E-state index in [1.807, 2.05) is 12.1 Å². The van der Waals surface area contributed by atoms with Gasteiger partial charge < -0.3 is 10.1 Å². The van der Waals surface area contributed by atoms with E-state index in [-0.39, 0.29) is 28.8 Å². The Morgan fingerprint density at radius 1 is 1.10 bits per heavy atom. The van der Waals surface area contributed by atoms with E-state index in [2.05, 4.69) is 15.3 Å². The van der Waals surface area contributed by atoms with Gasteiger partial charge in [-0.25, -0.2) is 9.97 Å². The summed E-state index contributed by atoms with van der Waals surface area (Å²) in [5.74, 6) is 0.157. The van der Waals surface area contributed by atoms with Crippen LogP contribution < -0.4 is 10.1 Å². The molecule has 1 aliphatic carbocycles. The molecular weight excluding hydrogens is 427 g/mol. The van der Waals surface area contributed by atoms with Crippen molar-refractivity contribution in [1.82, 2.24) is 9.97 Å². The number of alkyl halides is 3. The molecule has 3 aromatic rings. The van der Waals surface area contributed by atoms with Crippen molar-refractivity contribution >= 4 is 23.4 Å². The van der Waals surface area contributed by atoms with Crippen molar-refractivity contribution in [2.45, 2.75) is 24.2 Å². The van der Waals surface area contributed by atoms with Gasteiger partial charge in [0, 0.05) is 16.8 Å². The number of nitrogens with one attached hydrogen (secondary N) is 1. The molecule has 31 heavy (non-hydrogen) atoms. The number of nitrogens with zero attached hydrogens (tertiary/aromatic N) is 2. The number of ether oxygens (including phenoxy) is 1. The van der Waals surface area contributed by atoms with E-state index in [4.69, 9.17) is 4.74 Å². The lowest BCUT2D eigenvalue weighted by atomic mass is 9.88. The molecule has 0 saturated heterocycles. The minimum Gasteiger partial charge on any atom is -0.497 e. The third kappa shape index (κ3) is 4.66. The number of thioether (sulfide) groups is 1. The predicted octanol–water partition coefficient (Wildman–Crippen LogP) is 5.00. The molecule has 160 valence electrons. The van der Waals surface area contributed by atoms with E-state index in [1.54, 1.807) is 36.4 Å². The maximum atomic E-state index is 13.7. The molecule has 5 nitrogen and oxygen atoms in total. The Balaban J connectivity index is 1.57. The zero-order valence-electron chi connectivity index (χ0n) is 16.5. The van der Waals surface area contributed by atoms with Crippen LogP contribution in [-0.4, -0.2) is 28.7 Å². The van der Waals surface area contributed by atoms with Crippen LogP contribution >= 0.6 is 11.8 Å². The Bertz CT molecular complexity index is 1120. The number of hydrogen-bond acceptors (Lipinski definition) is 5. The highest BCUT2D eigenvalue weighted by Crippen LogP contribution is 2.40. The van der Waals surface area contributed by atoms with Crippen LogP contribution in [-0.2, 0) is 23.8 Å². The summed E-state index contributed by atoms with van der Waals surface area (Å²) < 4.78 is 46.1. The molecule has 0 fully saturated rings. The van der Waals surface area contributed by atoms with Crippen molar-refractivity contribution in [1.29, 1.82) is 0 Å². The number of aromatic nitrogens is 2. The highest BCUT2D eigenvalue weighted by atomic mass is 32.2. The zero-order chi connectivity index (χ0) is 22.0. The molecule has 1 aliphatic rings. The fourth-order valence-corrected chi connectivity index (χ4v) is 4.10. The second kappa shape index (κ2) is 8.58. The summed E-state index contributed by atoms with van der Waals surface area (Å²) in [7, 11) is 1.54. The Morgan fingerprint density at radius 3 is 2.55 bits per heavy atom. The Morgan fingerprint density at radius 2 is 1.84 bits per heavy atom. The molecule has 0 saturated carbocycles. The number of benzene rings is 2. The number of halogens is 3. The van der Waals surface area contributed by atoms with Crippen molar-refractivity contribution < 1.29 is 22.7 Å². The molecule has 0 aliphatic heterocycles. The van der Waals surface area contributed by atoms with Gasteiger partial charge in [0.25, 0.3) is 0 Å². The van der Waals surface area contributed by atoms with Gasteiger partial charge in [-0.3, -0.25) is 4.79 Å². The molecule has 2 aromatic carbocycles. The standard InChI is InChI=1S/C22H18F3N3O2S/c1-30-15-9-7-14(8-10-15)26-18(29)12-31-21-27-19-16-5-3-2-4-13(16)6-11-17(19)20(28-21)22(23,24)25/h2-5,7-10H,6,11-12H2,1H3,(H,26,29). The SMILES string of the molecule is COc1ccc(NC(=O)CSc2nc3c(c(C(F)(F)F)n2)CCc2ccccc2-3)cc1. The second-order valence-corrected chi connectivity index (χ2v) is 7.84. The normalized spacial score (nSPS) is 12.6. The number of fused-ring (bicyclic) bond motifs is 3. The molecule has 1 amide bonds. The third-order valence-corrected chi connectivity index (χ3v) is 5.73. The van der Waals surface area contributed by atoms with Gasteiger partial charge in [-0.15, -0.1) is 0 Å². The van der Waals surface area contributed by atoms with Crippen molar-refractivity contribution in [3.8, 4) is 17.0 Å². The highest BCUT2D eigenvalue weighted by molar-refractivity contribution is 7.99. The van der Waals surface area contributed by atoms with E-state index in [0.29, 0.717) is 29.1 Å². The second-order valence-electron chi connectivity index (χ2n) is 6.90. The molecule has 1 aromatic heterocycles. The molecule has 0 unspecified atom stereocenters. The average molecular weight is 445 g/mol. The van der Waals surface area contributed by atoms with E-state index in [1.165, 1.54) is 7.11 Å². The summed E-state index contributed by atoms with van der Waals surface area (Å²) in [6.07, 6.45) is -3.86. The first-order valence-electron chi connectivity index (χ1n) is 9.48. The average Bonchev–Trinajstić information content (AvgIpc) is 2.77. The zero-order valence-corrected chi connectivity index (χ0v) is 17.3. The number of rotatable bonds is 5. The lowest BCUT2D eigenvalue weighted by Crippen LogP contribution is -2.19. The van der Waals surface area contributed by atoms with E-state index >= 15 is 0 Å². The monoisotopic (exact) mass is 445 g/mol. The summed E-state index contributed by atoms with van der Waals surface area (Å²) in [5, 5.41) is 2.62. The first-order chi connectivity index (χ1) is 14.8. The smallest absolute Gasteiger partial charge is 0.433 e. The fraction of sp³-hybridized carbons (Fsp3) is 0.227. The molecule has 0 bridgehead atoms. The minimum atomic E-state index is -4.60. The van der Waals surface area contributed by atoms with Crippen molar-refractivity contribution in [3.63, 3.8) is 0 Å². The summed E-state index contributed by atoms with van der Waals surface area (Å²) in [6.45, 7) is 0. The minimum absolute atomic E-state index is 0.0762. The Kier molecular flexibility index (Phi) is 5.86. The van der Waals surface area contributed by atoms with Crippen LogP contribution in [0, 0.1) is 0 Å². The quantitative estimate of drug-likeness (QED) is 0.442. The van der Waals surface area contributed by atoms with Gasteiger partial charge in [-0.1, -0.05) is 36.0 Å². The van der Waals surface area contributed by atoms with Gasteiger partial charge in [0.1, 0.15) is 5.75 Å². The lowest BCUT2D eigenvalue weighted by Gasteiger charge is -2.22. The number of carbonyl (C=O) groups excluding carboxylic acids is 1. The Labute approximate surface area is 181 Å². The van der Waals surface area contributed by atoms with Crippen LogP contribution in [0.2, 0.25) is 0 Å². The van der Waals surface area contributed by atoms with Gasteiger partial charge in [0.2, 0.25) is 5.91 Å². The van der Waals surface area contributed by atoms with Crippen molar-refractivity contribution in [2.24, 2.45) is 0 Å². The third-order valence-electron chi connectivity index (χ3n) is 4.88. The van der Waals surface area contributed by atoms with Crippen molar-refractivity contribution in [3.05, 3.63) is 65.4 Å². The maximum Gasteiger partial charge on any atom is 0.433 e. The molecule has 0 radical (unpaired) electrons. The van der Waals surface area contributed by atoms with Crippen LogP contribution in [0.5, 0.6) is 5.75 Å². The first kappa shape index (κ1) is 21.2. The topological polar surface area (TPSA) is 64.1 Å². The van der Waals surface area contributed by atoms with Gasteiger partial charge >= 0.3 is 6.18 Å². The molecule has 9 heteroatoms. The van der Waals surface area contributed by atoms with Gasteiger partial charge in [-0.2, -0.15) is 13.2 Å². The highest BCUT2D eigenvalue weighted by Gasteiger charge is 2.38. The van der Waals surface area contributed by atoms with Crippen LogP contribution in [0.1, 0.15) is 16.8 Å². The van der Waals surface area contributed by atoms with Crippen LogP contribution in [0.25, 0.3) is 11.3 Å². The van der Waals surface area contributed by atoms with Crippen molar-refractivity contribution in [2.75, 3.05) is 18.2 Å². The van der Waals surface area contributed by atoms with Gasteiger partial charge in [0.15, 0.2) is 10.9 Å².